The molecule has 0 unspecified atom stereocenters. The van der Waals surface area contributed by atoms with Gasteiger partial charge in [0, 0.05) is 23.7 Å². The summed E-state index contributed by atoms with van der Waals surface area (Å²) in [6.07, 6.45) is 3.28. The average molecular weight is 293 g/mol. The maximum Gasteiger partial charge on any atom is 0.216 e. The molecule has 0 amide bonds. The number of aromatic hydroxyl groups is 1. The first-order chi connectivity index (χ1) is 10.6. The Labute approximate surface area is 125 Å². The molecule has 0 bridgehead atoms. The second-order valence-electron chi connectivity index (χ2n) is 5.52. The molecule has 1 N–H and O–H groups in total. The topological polar surface area (TPSA) is 84.3 Å². The van der Waals surface area contributed by atoms with Crippen LogP contribution in [-0.4, -0.2) is 27.4 Å². The Balaban J connectivity index is 2.07. The first-order valence-electron chi connectivity index (χ1n) is 7.06. The molecule has 5 heteroatoms. The highest BCUT2D eigenvalue weighted by molar-refractivity contribution is 6.31. The van der Waals surface area contributed by atoms with Crippen molar-refractivity contribution in [2.75, 3.05) is 0 Å². The molecule has 0 saturated carbocycles. The zero-order chi connectivity index (χ0) is 15.4. The minimum atomic E-state index is -0.510. The van der Waals surface area contributed by atoms with Crippen molar-refractivity contribution in [1.29, 1.82) is 0 Å². The highest BCUT2D eigenvalue weighted by atomic mass is 16.3. The molecule has 1 aromatic carbocycles. The number of rotatable bonds is 0. The van der Waals surface area contributed by atoms with Crippen LogP contribution in [0.25, 0.3) is 0 Å². The van der Waals surface area contributed by atoms with Gasteiger partial charge >= 0.3 is 0 Å². The molecule has 0 atom stereocenters. The smallest absolute Gasteiger partial charge is 0.216 e. The van der Waals surface area contributed by atoms with Crippen molar-refractivity contribution in [3.63, 3.8) is 0 Å². The summed E-state index contributed by atoms with van der Waals surface area (Å²) in [7, 11) is 0. The van der Waals surface area contributed by atoms with Crippen LogP contribution >= 0.6 is 0 Å². The van der Waals surface area contributed by atoms with Crippen LogP contribution in [-0.2, 0) is 6.42 Å². The number of phenolic OH excluding ortho intramolecular Hbond substituents is 1. The number of hydrogen-bond acceptors (Lipinski definition) is 5. The summed E-state index contributed by atoms with van der Waals surface area (Å²) in [6.45, 7) is 0. The van der Waals surface area contributed by atoms with Crippen molar-refractivity contribution >= 4 is 17.3 Å². The van der Waals surface area contributed by atoms with E-state index in [2.05, 4.69) is 4.98 Å². The molecule has 4 rings (SSSR count). The summed E-state index contributed by atoms with van der Waals surface area (Å²) in [6, 6.07) is 4.36. The predicted molar refractivity (Wildman–Crippen MR) is 76.5 cm³/mol. The van der Waals surface area contributed by atoms with Crippen LogP contribution < -0.4 is 0 Å². The van der Waals surface area contributed by atoms with Gasteiger partial charge in [-0.05, 0) is 24.5 Å². The molecule has 0 saturated heterocycles. The fraction of sp³-hybridized carbons (Fsp3) is 0.176. The van der Waals surface area contributed by atoms with Gasteiger partial charge in [0.15, 0.2) is 11.6 Å². The van der Waals surface area contributed by atoms with Crippen LogP contribution in [0.4, 0.5) is 0 Å². The van der Waals surface area contributed by atoms with Gasteiger partial charge in [0.05, 0.1) is 11.1 Å². The van der Waals surface area contributed by atoms with Crippen molar-refractivity contribution in [3.8, 4) is 5.75 Å². The number of ketones is 3. The first kappa shape index (κ1) is 12.9. The zero-order valence-electron chi connectivity index (χ0n) is 11.5. The minimum Gasteiger partial charge on any atom is -0.507 e. The Kier molecular flexibility index (Phi) is 2.54. The van der Waals surface area contributed by atoms with E-state index >= 15 is 0 Å². The second-order valence-corrected chi connectivity index (χ2v) is 5.52. The van der Waals surface area contributed by atoms with Crippen LogP contribution in [0, 0.1) is 0 Å². The zero-order valence-corrected chi connectivity index (χ0v) is 11.5. The molecule has 2 aliphatic rings. The fourth-order valence-electron chi connectivity index (χ4n) is 3.24. The molecule has 2 aliphatic carbocycles. The summed E-state index contributed by atoms with van der Waals surface area (Å²) >= 11 is 0. The molecule has 2 aromatic rings. The number of aryl methyl sites for hydroxylation is 1. The van der Waals surface area contributed by atoms with Gasteiger partial charge in [-0.2, -0.15) is 0 Å². The van der Waals surface area contributed by atoms with Crippen molar-refractivity contribution in [2.45, 2.75) is 19.3 Å². The number of phenols is 1. The number of carbonyl (C=O) groups is 3. The summed E-state index contributed by atoms with van der Waals surface area (Å²) in [5, 5.41) is 9.89. The van der Waals surface area contributed by atoms with Gasteiger partial charge in [-0.15, -0.1) is 0 Å². The number of pyridine rings is 1. The van der Waals surface area contributed by atoms with E-state index in [1.165, 1.54) is 24.4 Å². The lowest BCUT2D eigenvalue weighted by molar-refractivity contribution is 0.0946. The maximum absolute atomic E-state index is 12.8. The number of aromatic nitrogens is 1. The van der Waals surface area contributed by atoms with E-state index < -0.39 is 11.6 Å². The second kappa shape index (κ2) is 4.34. The third kappa shape index (κ3) is 1.53. The monoisotopic (exact) mass is 293 g/mol. The fourth-order valence-corrected chi connectivity index (χ4v) is 3.24. The van der Waals surface area contributed by atoms with Gasteiger partial charge in [0.25, 0.3) is 0 Å². The Morgan fingerprint density at radius 1 is 0.955 bits per heavy atom. The lowest BCUT2D eigenvalue weighted by Gasteiger charge is -2.23. The van der Waals surface area contributed by atoms with Gasteiger partial charge in [0.2, 0.25) is 5.78 Å². The van der Waals surface area contributed by atoms with Crippen LogP contribution in [0.3, 0.4) is 0 Å². The molecule has 22 heavy (non-hydrogen) atoms. The Hall–Kier alpha value is -2.82. The van der Waals surface area contributed by atoms with Crippen molar-refractivity contribution in [2.24, 2.45) is 0 Å². The molecule has 0 fully saturated rings. The lowest BCUT2D eigenvalue weighted by atomic mass is 9.79. The van der Waals surface area contributed by atoms with E-state index in [0.717, 1.165) is 12.0 Å². The van der Waals surface area contributed by atoms with Crippen molar-refractivity contribution in [3.05, 3.63) is 57.9 Å². The first-order valence-corrected chi connectivity index (χ1v) is 7.06. The van der Waals surface area contributed by atoms with E-state index in [4.69, 9.17) is 0 Å². The summed E-state index contributed by atoms with van der Waals surface area (Å²) in [5.41, 5.74) is 1.23. The van der Waals surface area contributed by atoms with Crippen LogP contribution in [0.15, 0.2) is 24.4 Å². The number of hydrogen-bond donors (Lipinski definition) is 1. The van der Waals surface area contributed by atoms with E-state index in [9.17, 15) is 19.5 Å². The van der Waals surface area contributed by atoms with E-state index in [1.807, 2.05) is 0 Å². The van der Waals surface area contributed by atoms with Crippen LogP contribution in [0.5, 0.6) is 5.75 Å². The molecule has 0 aliphatic heterocycles. The molecule has 5 nitrogen and oxygen atoms in total. The van der Waals surface area contributed by atoms with E-state index in [1.54, 1.807) is 0 Å². The van der Waals surface area contributed by atoms with Crippen molar-refractivity contribution < 1.29 is 19.5 Å². The Bertz CT molecular complexity index is 882. The van der Waals surface area contributed by atoms with Gasteiger partial charge in [-0.3, -0.25) is 19.4 Å². The predicted octanol–water partition coefficient (Wildman–Crippen LogP) is 2.08. The molecular weight excluding hydrogens is 282 g/mol. The molecule has 108 valence electrons. The molecule has 1 aromatic heterocycles. The number of carbonyl (C=O) groups excluding carboxylic acids is 3. The number of fused-ring (bicyclic) bond motifs is 4. The van der Waals surface area contributed by atoms with Gasteiger partial charge < -0.3 is 5.11 Å². The third-order valence-electron chi connectivity index (χ3n) is 4.24. The highest BCUT2D eigenvalue weighted by Gasteiger charge is 2.37. The summed E-state index contributed by atoms with van der Waals surface area (Å²) < 4.78 is 0. The average Bonchev–Trinajstić information content (AvgIpc) is 2.52. The van der Waals surface area contributed by atoms with Crippen LogP contribution in [0.1, 0.15) is 60.7 Å². The number of benzene rings is 1. The number of nitrogens with zero attached hydrogens (tertiary/aromatic N) is 1. The quantitative estimate of drug-likeness (QED) is 0.686. The largest absolute Gasteiger partial charge is 0.507 e. The lowest BCUT2D eigenvalue weighted by Crippen LogP contribution is -2.27. The standard InChI is InChI=1S/C17H11NO4/c19-10-5-1-3-8-7-18-15-14(12(8)10)16(21)9-4-2-6-11(20)13(9)17(15)22/h2,4,6-7,20H,1,3,5H2. The maximum atomic E-state index is 12.8. The molecule has 0 radical (unpaired) electrons. The van der Waals surface area contributed by atoms with Crippen molar-refractivity contribution in [1.82, 2.24) is 4.98 Å². The SMILES string of the molecule is O=C1c2ncc3c(c2C(=O)c2cccc(O)c21)C(=O)CCC3. The van der Waals surface area contributed by atoms with E-state index in [0.29, 0.717) is 18.4 Å². The highest BCUT2D eigenvalue weighted by Crippen LogP contribution is 2.35. The summed E-state index contributed by atoms with van der Waals surface area (Å²) in [5.74, 6) is -1.29. The normalized spacial score (nSPS) is 16.1. The van der Waals surface area contributed by atoms with E-state index in [-0.39, 0.29) is 33.9 Å². The van der Waals surface area contributed by atoms with Crippen LogP contribution in [0.2, 0.25) is 0 Å². The molecule has 1 heterocycles. The Morgan fingerprint density at radius 2 is 1.77 bits per heavy atom. The number of Topliss-reactive ketones (excluding diaryl/α,β-unsaturated/α-hetero) is 1. The Morgan fingerprint density at radius 3 is 2.59 bits per heavy atom. The third-order valence-corrected chi connectivity index (χ3v) is 4.24. The van der Waals surface area contributed by atoms with Gasteiger partial charge in [-0.25, -0.2) is 0 Å². The van der Waals surface area contributed by atoms with Gasteiger partial charge in [-0.1, -0.05) is 12.1 Å². The summed E-state index contributed by atoms with van der Waals surface area (Å²) in [4.78, 5) is 41.7. The van der Waals surface area contributed by atoms with Gasteiger partial charge in [0.1, 0.15) is 11.4 Å². The molecule has 0 spiro atoms. The minimum absolute atomic E-state index is 0.0318. The molecular formula is C17H11NO4.